The van der Waals surface area contributed by atoms with Crippen molar-refractivity contribution < 1.29 is 4.79 Å². The molecule has 172 valence electrons. The molecule has 1 saturated carbocycles. The smallest absolute Gasteiger partial charge is 0.222 e. The monoisotopic (exact) mass is 473 g/mol. The number of likely N-dealkylation sites (N-methyl/N-ethyl adjacent to an activating group) is 1. The molecule has 0 spiro atoms. The van der Waals surface area contributed by atoms with Gasteiger partial charge in [0.1, 0.15) is 5.04 Å². The number of piperazine rings is 1. The first-order valence-corrected chi connectivity index (χ1v) is 13.2. The number of amides is 1. The van der Waals surface area contributed by atoms with Crippen LogP contribution >= 0.6 is 23.4 Å². The van der Waals surface area contributed by atoms with E-state index in [0.717, 1.165) is 70.7 Å². The zero-order valence-corrected chi connectivity index (χ0v) is 20.3. The molecule has 1 atom stereocenters. The topological polar surface area (TPSA) is 63.7 Å². The van der Waals surface area contributed by atoms with Gasteiger partial charge < -0.3 is 20.1 Å². The number of hydrogen-bond donors (Lipinski definition) is 2. The predicted octanol–water partition coefficient (Wildman–Crippen LogP) is 4.59. The van der Waals surface area contributed by atoms with Crippen LogP contribution in [0.25, 0.3) is 10.9 Å². The minimum absolute atomic E-state index is 0.206. The summed E-state index contributed by atoms with van der Waals surface area (Å²) in [4.78, 5) is 25.4. The summed E-state index contributed by atoms with van der Waals surface area (Å²) >= 11 is 8.20. The van der Waals surface area contributed by atoms with E-state index in [9.17, 15) is 4.79 Å². The highest BCUT2D eigenvalue weighted by Gasteiger charge is 2.25. The number of thioether (sulfide) groups is 1. The number of aromatic nitrogens is 1. The van der Waals surface area contributed by atoms with Crippen molar-refractivity contribution in [3.8, 4) is 0 Å². The van der Waals surface area contributed by atoms with Crippen LogP contribution in [0.1, 0.15) is 44.2 Å². The van der Waals surface area contributed by atoms with Gasteiger partial charge in [-0.3, -0.25) is 9.79 Å². The number of rotatable bonds is 6. The van der Waals surface area contributed by atoms with Crippen molar-refractivity contribution in [3.05, 3.63) is 28.9 Å². The second-order valence-corrected chi connectivity index (χ2v) is 10.8. The van der Waals surface area contributed by atoms with Crippen molar-refractivity contribution in [1.82, 2.24) is 14.8 Å². The number of fused-ring (bicyclic) bond motifs is 1. The average molecular weight is 474 g/mol. The van der Waals surface area contributed by atoms with E-state index < -0.39 is 0 Å². The van der Waals surface area contributed by atoms with Gasteiger partial charge in [0.05, 0.1) is 22.9 Å². The lowest BCUT2D eigenvalue weighted by molar-refractivity contribution is -0.132. The molecule has 1 aromatic heterocycles. The molecule has 2 aromatic rings. The maximum Gasteiger partial charge on any atom is 0.222 e. The summed E-state index contributed by atoms with van der Waals surface area (Å²) in [6.07, 6.45) is 6.44. The summed E-state index contributed by atoms with van der Waals surface area (Å²) in [7, 11) is 2.11. The van der Waals surface area contributed by atoms with Gasteiger partial charge in [-0.2, -0.15) is 0 Å². The number of benzene rings is 1. The number of anilines is 1. The molecule has 3 heterocycles. The molecule has 0 bridgehead atoms. The Labute approximate surface area is 199 Å². The first-order chi connectivity index (χ1) is 15.5. The van der Waals surface area contributed by atoms with Crippen LogP contribution in [0.4, 0.5) is 5.69 Å². The van der Waals surface area contributed by atoms with E-state index >= 15 is 0 Å². The normalized spacial score (nSPS) is 22.6. The lowest BCUT2D eigenvalue weighted by Gasteiger charge is -2.32. The van der Waals surface area contributed by atoms with Gasteiger partial charge in [0.15, 0.2) is 0 Å². The SMILES string of the molecule is CN1CCN(C(=O)CC[C@@H]2CSC(c3cc4cc(Cl)cc(NC5CCCC5)c4[nH]3)=N2)CC1. The van der Waals surface area contributed by atoms with Crippen molar-refractivity contribution in [1.29, 1.82) is 0 Å². The predicted molar refractivity (Wildman–Crippen MR) is 135 cm³/mol. The van der Waals surface area contributed by atoms with E-state index in [0.29, 0.717) is 12.5 Å². The van der Waals surface area contributed by atoms with Gasteiger partial charge in [0.2, 0.25) is 5.91 Å². The van der Waals surface area contributed by atoms with Gasteiger partial charge in [-0.05, 0) is 44.5 Å². The Kier molecular flexibility index (Phi) is 6.67. The van der Waals surface area contributed by atoms with Gasteiger partial charge >= 0.3 is 0 Å². The molecule has 1 aliphatic carbocycles. The van der Waals surface area contributed by atoms with Gasteiger partial charge in [-0.1, -0.05) is 24.4 Å². The van der Waals surface area contributed by atoms with Crippen LogP contribution in [0.3, 0.4) is 0 Å². The fraction of sp³-hybridized carbons (Fsp3) is 0.583. The van der Waals surface area contributed by atoms with E-state index in [1.807, 2.05) is 17.0 Å². The highest BCUT2D eigenvalue weighted by atomic mass is 35.5. The van der Waals surface area contributed by atoms with Crippen LogP contribution < -0.4 is 5.32 Å². The largest absolute Gasteiger partial charge is 0.381 e. The quantitative estimate of drug-likeness (QED) is 0.644. The number of carbonyl (C=O) groups is 1. The molecule has 0 radical (unpaired) electrons. The zero-order valence-electron chi connectivity index (χ0n) is 18.7. The number of nitrogens with zero attached hydrogens (tertiary/aromatic N) is 3. The second-order valence-electron chi connectivity index (χ2n) is 9.35. The summed E-state index contributed by atoms with van der Waals surface area (Å²) in [5.74, 6) is 1.21. The fourth-order valence-electron chi connectivity index (χ4n) is 4.94. The molecular formula is C24H32ClN5OS. The molecular weight excluding hydrogens is 442 g/mol. The minimum Gasteiger partial charge on any atom is -0.381 e. The van der Waals surface area contributed by atoms with Crippen LogP contribution in [0.15, 0.2) is 23.2 Å². The molecule has 2 aliphatic heterocycles. The summed E-state index contributed by atoms with van der Waals surface area (Å²) in [5.41, 5.74) is 3.24. The number of hydrogen-bond acceptors (Lipinski definition) is 5. The Morgan fingerprint density at radius 1 is 1.22 bits per heavy atom. The molecule has 6 nitrogen and oxygen atoms in total. The van der Waals surface area contributed by atoms with Crippen molar-refractivity contribution in [2.45, 2.75) is 50.6 Å². The summed E-state index contributed by atoms with van der Waals surface area (Å²) < 4.78 is 0. The van der Waals surface area contributed by atoms with E-state index in [4.69, 9.17) is 16.6 Å². The molecule has 5 rings (SSSR count). The van der Waals surface area contributed by atoms with Crippen molar-refractivity contribution >= 4 is 50.9 Å². The van der Waals surface area contributed by atoms with Crippen LogP contribution in [-0.2, 0) is 4.79 Å². The number of halogens is 1. The van der Waals surface area contributed by atoms with E-state index in [1.54, 1.807) is 11.8 Å². The standard InChI is InChI=1S/C24H32ClN5OS/c1-29-8-10-30(11-9-29)22(31)7-6-19-15-32-24(27-19)21-13-16-12-17(25)14-20(23(16)28-21)26-18-4-2-3-5-18/h12-14,18-19,26,28H,2-11,15H2,1H3/t19-/m1/s1. The Hall–Kier alpha value is -1.70. The highest BCUT2D eigenvalue weighted by Crippen LogP contribution is 2.34. The maximum absolute atomic E-state index is 12.6. The molecule has 2 N–H and O–H groups in total. The van der Waals surface area contributed by atoms with Crippen LogP contribution in [0.2, 0.25) is 5.02 Å². The number of aliphatic imine (C=N–C) groups is 1. The van der Waals surface area contributed by atoms with Gasteiger partial charge in [0, 0.05) is 54.8 Å². The third kappa shape index (κ3) is 4.95. The summed E-state index contributed by atoms with van der Waals surface area (Å²) in [6.45, 7) is 3.63. The van der Waals surface area contributed by atoms with Crippen LogP contribution in [0.5, 0.6) is 0 Å². The van der Waals surface area contributed by atoms with Crippen molar-refractivity contribution in [3.63, 3.8) is 0 Å². The second kappa shape index (κ2) is 9.65. The number of aromatic amines is 1. The molecule has 0 unspecified atom stereocenters. The Bertz CT molecular complexity index is 1010. The van der Waals surface area contributed by atoms with Crippen LogP contribution in [0, 0.1) is 0 Å². The molecule has 3 aliphatic rings. The molecule has 8 heteroatoms. The maximum atomic E-state index is 12.6. The number of carbonyl (C=O) groups excluding carboxylic acids is 1. The molecule has 2 fully saturated rings. The Balaban J connectivity index is 1.25. The minimum atomic E-state index is 0.206. The molecule has 32 heavy (non-hydrogen) atoms. The fourth-order valence-corrected chi connectivity index (χ4v) is 6.25. The first-order valence-electron chi connectivity index (χ1n) is 11.8. The Morgan fingerprint density at radius 3 is 2.78 bits per heavy atom. The van der Waals surface area contributed by atoms with E-state index in [-0.39, 0.29) is 11.9 Å². The third-order valence-electron chi connectivity index (χ3n) is 6.90. The van der Waals surface area contributed by atoms with Gasteiger partial charge in [-0.15, -0.1) is 11.8 Å². The molecule has 1 amide bonds. The highest BCUT2D eigenvalue weighted by molar-refractivity contribution is 8.14. The van der Waals surface area contributed by atoms with Gasteiger partial charge in [-0.25, -0.2) is 0 Å². The van der Waals surface area contributed by atoms with Crippen LogP contribution in [-0.4, -0.2) is 76.8 Å². The van der Waals surface area contributed by atoms with Crippen molar-refractivity contribution in [2.75, 3.05) is 44.3 Å². The number of H-pyrrole nitrogens is 1. The lowest BCUT2D eigenvalue weighted by Crippen LogP contribution is -2.47. The Morgan fingerprint density at radius 2 is 2.00 bits per heavy atom. The first kappa shape index (κ1) is 22.1. The van der Waals surface area contributed by atoms with E-state index in [1.165, 1.54) is 25.7 Å². The summed E-state index contributed by atoms with van der Waals surface area (Å²) in [6, 6.07) is 6.94. The zero-order chi connectivity index (χ0) is 22.1. The molecule has 1 saturated heterocycles. The average Bonchev–Trinajstić information content (AvgIpc) is 3.53. The van der Waals surface area contributed by atoms with E-state index in [2.05, 4.69) is 28.3 Å². The summed E-state index contributed by atoms with van der Waals surface area (Å²) in [5, 5.41) is 6.61. The van der Waals surface area contributed by atoms with Gasteiger partial charge in [0.25, 0.3) is 0 Å². The third-order valence-corrected chi connectivity index (χ3v) is 8.27. The van der Waals surface area contributed by atoms with Crippen molar-refractivity contribution in [2.24, 2.45) is 4.99 Å². The lowest BCUT2D eigenvalue weighted by atomic mass is 10.1. The molecule has 1 aromatic carbocycles. The number of nitrogens with one attached hydrogen (secondary N) is 2.